The van der Waals surface area contributed by atoms with Gasteiger partial charge in [0.2, 0.25) is 0 Å². The van der Waals surface area contributed by atoms with Gasteiger partial charge in [0.25, 0.3) is 0 Å². The van der Waals surface area contributed by atoms with E-state index in [2.05, 4.69) is 35.0 Å². The predicted molar refractivity (Wildman–Crippen MR) is 98.7 cm³/mol. The molecule has 1 atom stereocenters. The number of piperazine rings is 1. The van der Waals surface area contributed by atoms with E-state index in [1.165, 1.54) is 5.56 Å². The van der Waals surface area contributed by atoms with Crippen LogP contribution in [0.5, 0.6) is 5.75 Å². The molecule has 0 aliphatic carbocycles. The lowest BCUT2D eigenvalue weighted by atomic mass is 9.99. The molecule has 1 heterocycles. The Balaban J connectivity index is 0.00000220. The SMILES string of the molecule is C=CCC[C@H](c1cccc(OCC)c1)N1CCNCC1.Cl.Cl. The topological polar surface area (TPSA) is 24.5 Å². The van der Waals surface area contributed by atoms with Crippen molar-refractivity contribution in [1.82, 2.24) is 10.2 Å². The zero-order valence-electron chi connectivity index (χ0n) is 13.3. The Morgan fingerprint density at radius 1 is 1.32 bits per heavy atom. The van der Waals surface area contributed by atoms with E-state index >= 15 is 0 Å². The molecule has 0 unspecified atom stereocenters. The summed E-state index contributed by atoms with van der Waals surface area (Å²) in [6, 6.07) is 9.02. The van der Waals surface area contributed by atoms with Gasteiger partial charge in [-0.15, -0.1) is 31.4 Å². The minimum atomic E-state index is 0. The van der Waals surface area contributed by atoms with E-state index in [0.29, 0.717) is 12.6 Å². The fourth-order valence-corrected chi connectivity index (χ4v) is 2.81. The Bertz CT molecular complexity index is 423. The fraction of sp³-hybridized carbons (Fsp3) is 0.529. The molecule has 0 spiro atoms. The molecule has 1 aliphatic rings. The van der Waals surface area contributed by atoms with Gasteiger partial charge in [-0.05, 0) is 37.5 Å². The normalized spacial score (nSPS) is 16.0. The summed E-state index contributed by atoms with van der Waals surface area (Å²) in [6.45, 7) is 11.0. The number of ether oxygens (including phenoxy) is 1. The second kappa shape index (κ2) is 11.8. The summed E-state index contributed by atoms with van der Waals surface area (Å²) in [5.74, 6) is 0.976. The van der Waals surface area contributed by atoms with Crippen LogP contribution < -0.4 is 10.1 Å². The van der Waals surface area contributed by atoms with Gasteiger partial charge in [0, 0.05) is 32.2 Å². The third-order valence-corrected chi connectivity index (χ3v) is 3.79. The summed E-state index contributed by atoms with van der Waals surface area (Å²) in [5, 5.41) is 3.42. The number of nitrogens with one attached hydrogen (secondary N) is 1. The number of allylic oxidation sites excluding steroid dienone is 1. The van der Waals surface area contributed by atoms with Crippen molar-refractivity contribution in [3.05, 3.63) is 42.5 Å². The van der Waals surface area contributed by atoms with Crippen LogP contribution in [0.25, 0.3) is 0 Å². The van der Waals surface area contributed by atoms with Crippen molar-refractivity contribution in [1.29, 1.82) is 0 Å². The molecule has 0 aromatic heterocycles. The first-order chi connectivity index (χ1) is 9.85. The minimum absolute atomic E-state index is 0. The summed E-state index contributed by atoms with van der Waals surface area (Å²) < 4.78 is 5.64. The van der Waals surface area contributed by atoms with E-state index in [9.17, 15) is 0 Å². The number of hydrogen-bond acceptors (Lipinski definition) is 3. The molecule has 3 nitrogen and oxygen atoms in total. The largest absolute Gasteiger partial charge is 0.494 e. The maximum atomic E-state index is 5.64. The fourth-order valence-electron chi connectivity index (χ4n) is 2.81. The maximum Gasteiger partial charge on any atom is 0.119 e. The van der Waals surface area contributed by atoms with Crippen LogP contribution in [0.1, 0.15) is 31.4 Å². The summed E-state index contributed by atoms with van der Waals surface area (Å²) in [4.78, 5) is 2.57. The second-order valence-corrected chi connectivity index (χ2v) is 5.17. The molecule has 22 heavy (non-hydrogen) atoms. The van der Waals surface area contributed by atoms with Gasteiger partial charge < -0.3 is 10.1 Å². The van der Waals surface area contributed by atoms with E-state index in [-0.39, 0.29) is 24.8 Å². The van der Waals surface area contributed by atoms with Crippen molar-refractivity contribution in [2.24, 2.45) is 0 Å². The van der Waals surface area contributed by atoms with Crippen molar-refractivity contribution in [3.8, 4) is 5.75 Å². The van der Waals surface area contributed by atoms with E-state index in [4.69, 9.17) is 4.74 Å². The first-order valence-electron chi connectivity index (χ1n) is 7.63. The highest BCUT2D eigenvalue weighted by atomic mass is 35.5. The van der Waals surface area contributed by atoms with Crippen LogP contribution in [0.15, 0.2) is 36.9 Å². The Hall–Kier alpha value is -0.740. The monoisotopic (exact) mass is 346 g/mol. The first kappa shape index (κ1) is 21.3. The highest BCUT2D eigenvalue weighted by Gasteiger charge is 2.21. The molecule has 1 saturated heterocycles. The third kappa shape index (κ3) is 6.17. The smallest absolute Gasteiger partial charge is 0.119 e. The number of nitrogens with zero attached hydrogens (tertiary/aromatic N) is 1. The zero-order valence-corrected chi connectivity index (χ0v) is 14.9. The van der Waals surface area contributed by atoms with Crippen LogP contribution >= 0.6 is 24.8 Å². The first-order valence-corrected chi connectivity index (χ1v) is 7.63. The quantitative estimate of drug-likeness (QED) is 0.759. The van der Waals surface area contributed by atoms with Crippen LogP contribution in [0, 0.1) is 0 Å². The lowest BCUT2D eigenvalue weighted by Gasteiger charge is -2.35. The van der Waals surface area contributed by atoms with Crippen LogP contribution in [0.4, 0.5) is 0 Å². The average molecular weight is 347 g/mol. The Morgan fingerprint density at radius 3 is 2.68 bits per heavy atom. The molecule has 0 radical (unpaired) electrons. The van der Waals surface area contributed by atoms with E-state index in [0.717, 1.165) is 44.8 Å². The second-order valence-electron chi connectivity index (χ2n) is 5.17. The van der Waals surface area contributed by atoms with Gasteiger partial charge in [-0.2, -0.15) is 0 Å². The maximum absolute atomic E-state index is 5.64. The average Bonchev–Trinajstić information content (AvgIpc) is 2.50. The molecule has 1 aromatic rings. The Morgan fingerprint density at radius 2 is 2.05 bits per heavy atom. The Labute approximate surface area is 146 Å². The van der Waals surface area contributed by atoms with Gasteiger partial charge in [-0.25, -0.2) is 0 Å². The molecule has 2 rings (SSSR count). The summed E-state index contributed by atoms with van der Waals surface area (Å²) in [7, 11) is 0. The number of rotatable bonds is 7. The van der Waals surface area contributed by atoms with Crippen molar-refractivity contribution in [3.63, 3.8) is 0 Å². The summed E-state index contributed by atoms with van der Waals surface area (Å²) >= 11 is 0. The van der Waals surface area contributed by atoms with Gasteiger partial charge in [-0.1, -0.05) is 18.2 Å². The summed E-state index contributed by atoms with van der Waals surface area (Å²) in [5.41, 5.74) is 1.36. The molecule has 0 saturated carbocycles. The molecule has 126 valence electrons. The molecule has 5 heteroatoms. The third-order valence-electron chi connectivity index (χ3n) is 3.79. The van der Waals surface area contributed by atoms with E-state index < -0.39 is 0 Å². The summed E-state index contributed by atoms with van der Waals surface area (Å²) in [6.07, 6.45) is 4.19. The molecular weight excluding hydrogens is 319 g/mol. The highest BCUT2D eigenvalue weighted by molar-refractivity contribution is 5.85. The van der Waals surface area contributed by atoms with Gasteiger partial charge >= 0.3 is 0 Å². The van der Waals surface area contributed by atoms with Crippen molar-refractivity contribution >= 4 is 24.8 Å². The predicted octanol–water partition coefficient (Wildman–Crippen LogP) is 3.84. The van der Waals surface area contributed by atoms with Crippen LogP contribution in [0.2, 0.25) is 0 Å². The van der Waals surface area contributed by atoms with Crippen molar-refractivity contribution < 1.29 is 4.74 Å². The van der Waals surface area contributed by atoms with Gasteiger partial charge in [0.05, 0.1) is 6.61 Å². The molecule has 0 bridgehead atoms. The zero-order chi connectivity index (χ0) is 14.2. The molecular formula is C17H28Cl2N2O. The van der Waals surface area contributed by atoms with Crippen LogP contribution in [-0.4, -0.2) is 37.7 Å². The minimum Gasteiger partial charge on any atom is -0.494 e. The number of hydrogen-bond donors (Lipinski definition) is 1. The van der Waals surface area contributed by atoms with Gasteiger partial charge in [0.1, 0.15) is 5.75 Å². The van der Waals surface area contributed by atoms with Crippen molar-refractivity contribution in [2.45, 2.75) is 25.8 Å². The molecule has 0 amide bonds. The number of benzene rings is 1. The molecule has 1 aromatic carbocycles. The molecule has 1 N–H and O–H groups in total. The standard InChI is InChI=1S/C17H26N2O.2ClH/c1-3-5-9-17(19-12-10-18-11-13-19)15-7-6-8-16(14-15)20-4-2;;/h3,6-8,14,17-18H,1,4-5,9-13H2,2H3;2*1H/t17-;;/m1../s1. The molecule has 1 fully saturated rings. The highest BCUT2D eigenvalue weighted by Crippen LogP contribution is 2.28. The lowest BCUT2D eigenvalue weighted by molar-refractivity contribution is 0.166. The van der Waals surface area contributed by atoms with Crippen LogP contribution in [-0.2, 0) is 0 Å². The van der Waals surface area contributed by atoms with Gasteiger partial charge in [0.15, 0.2) is 0 Å². The molecule has 1 aliphatic heterocycles. The van der Waals surface area contributed by atoms with Crippen LogP contribution in [0.3, 0.4) is 0 Å². The van der Waals surface area contributed by atoms with Gasteiger partial charge in [-0.3, -0.25) is 4.90 Å². The lowest BCUT2D eigenvalue weighted by Crippen LogP contribution is -2.45. The van der Waals surface area contributed by atoms with Crippen molar-refractivity contribution in [2.75, 3.05) is 32.8 Å². The van der Waals surface area contributed by atoms with E-state index in [1.54, 1.807) is 0 Å². The van der Waals surface area contributed by atoms with E-state index in [1.807, 2.05) is 19.1 Å². The number of halogens is 2. The Kier molecular flexibility index (Phi) is 11.4.